The lowest BCUT2D eigenvalue weighted by Crippen LogP contribution is -2.45. The average Bonchev–Trinajstić information content (AvgIpc) is 3.25. The topological polar surface area (TPSA) is 63.0 Å². The van der Waals surface area contributed by atoms with Crippen molar-refractivity contribution in [2.24, 2.45) is 5.92 Å². The van der Waals surface area contributed by atoms with Crippen molar-refractivity contribution in [3.8, 4) is 5.75 Å². The van der Waals surface area contributed by atoms with Gasteiger partial charge in [0.15, 0.2) is 6.10 Å². The Kier molecular flexibility index (Phi) is 6.19. The summed E-state index contributed by atoms with van der Waals surface area (Å²) in [6.07, 6.45) is 5.52. The molecule has 1 aromatic heterocycles. The minimum Gasteiger partial charge on any atom is -0.481 e. The summed E-state index contributed by atoms with van der Waals surface area (Å²) in [5.41, 5.74) is 0.0693. The second-order valence-corrected chi connectivity index (χ2v) is 8.32. The smallest absolute Gasteiger partial charge is 0.336 e. The van der Waals surface area contributed by atoms with E-state index in [4.69, 9.17) is 9.15 Å². The third-order valence-electron chi connectivity index (χ3n) is 6.23. The molecule has 4 rings (SSSR count). The van der Waals surface area contributed by atoms with Gasteiger partial charge in [0, 0.05) is 30.6 Å². The molecule has 2 aromatic rings. The Balaban J connectivity index is 1.27. The molecule has 6 nitrogen and oxygen atoms in total. The van der Waals surface area contributed by atoms with Crippen LogP contribution in [0.4, 0.5) is 0 Å². The summed E-state index contributed by atoms with van der Waals surface area (Å²) in [6.45, 7) is 7.12. The molecule has 1 amide bonds. The fraction of sp³-hybridized carbons (Fsp3) is 0.565. The minimum atomic E-state index is -0.566. The first kappa shape index (κ1) is 20.0. The third kappa shape index (κ3) is 4.99. The van der Waals surface area contributed by atoms with Crippen molar-refractivity contribution in [2.45, 2.75) is 45.1 Å². The first-order chi connectivity index (χ1) is 14.1. The number of carbonyl (C=O) groups is 1. The van der Waals surface area contributed by atoms with Gasteiger partial charge in [-0.1, -0.05) is 0 Å². The third-order valence-corrected chi connectivity index (χ3v) is 6.23. The number of carbonyl (C=O) groups excluding carboxylic acids is 1. The highest BCUT2D eigenvalue weighted by Gasteiger charge is 2.27. The van der Waals surface area contributed by atoms with Gasteiger partial charge in [0.2, 0.25) is 0 Å². The number of rotatable bonds is 6. The Bertz CT molecular complexity index is 895. The molecule has 29 heavy (non-hydrogen) atoms. The Morgan fingerprint density at radius 3 is 2.62 bits per heavy atom. The van der Waals surface area contributed by atoms with Crippen LogP contribution >= 0.6 is 0 Å². The van der Waals surface area contributed by atoms with Crippen LogP contribution in [0.3, 0.4) is 0 Å². The quantitative estimate of drug-likeness (QED) is 0.699. The normalized spacial score (nSPS) is 19.6. The second-order valence-electron chi connectivity index (χ2n) is 8.32. The van der Waals surface area contributed by atoms with Gasteiger partial charge in [-0.25, -0.2) is 4.79 Å². The highest BCUT2D eigenvalue weighted by atomic mass is 16.5. The van der Waals surface area contributed by atoms with E-state index < -0.39 is 11.7 Å². The van der Waals surface area contributed by atoms with Crippen molar-refractivity contribution in [3.63, 3.8) is 0 Å². The number of fused-ring (bicyclic) bond motifs is 1. The lowest BCUT2D eigenvalue weighted by atomic mass is 9.93. The van der Waals surface area contributed by atoms with Crippen LogP contribution in [0.1, 0.15) is 39.0 Å². The molecule has 6 heteroatoms. The number of hydrogen-bond acceptors (Lipinski definition) is 5. The Labute approximate surface area is 171 Å². The summed E-state index contributed by atoms with van der Waals surface area (Å²) in [5.74, 6) is 1.28. The molecule has 0 spiro atoms. The van der Waals surface area contributed by atoms with Gasteiger partial charge in [-0.2, -0.15) is 0 Å². The molecule has 1 aromatic carbocycles. The van der Waals surface area contributed by atoms with Crippen molar-refractivity contribution < 1.29 is 13.9 Å². The predicted octanol–water partition coefficient (Wildman–Crippen LogP) is 3.28. The van der Waals surface area contributed by atoms with Gasteiger partial charge in [0.1, 0.15) is 11.3 Å². The molecule has 156 valence electrons. The Morgan fingerprint density at radius 1 is 1.14 bits per heavy atom. The number of hydrogen-bond donors (Lipinski definition) is 0. The molecule has 2 aliphatic rings. The summed E-state index contributed by atoms with van der Waals surface area (Å²) >= 11 is 0. The molecule has 0 radical (unpaired) electrons. The number of piperidine rings is 1. The highest BCUT2D eigenvalue weighted by molar-refractivity contribution is 5.81. The van der Waals surface area contributed by atoms with E-state index in [0.717, 1.165) is 37.2 Å². The molecular formula is C23H30N2O4. The minimum absolute atomic E-state index is 0.0256. The molecule has 0 aliphatic carbocycles. The predicted molar refractivity (Wildman–Crippen MR) is 112 cm³/mol. The Hall–Kier alpha value is -2.34. The van der Waals surface area contributed by atoms with E-state index >= 15 is 0 Å². The summed E-state index contributed by atoms with van der Waals surface area (Å²) in [4.78, 5) is 28.7. The summed E-state index contributed by atoms with van der Waals surface area (Å²) < 4.78 is 11.1. The molecule has 1 atom stereocenters. The van der Waals surface area contributed by atoms with Crippen molar-refractivity contribution in [3.05, 3.63) is 40.8 Å². The van der Waals surface area contributed by atoms with Gasteiger partial charge in [-0.3, -0.25) is 4.79 Å². The number of amides is 1. The van der Waals surface area contributed by atoms with E-state index in [-0.39, 0.29) is 5.91 Å². The van der Waals surface area contributed by atoms with Crippen LogP contribution in [0.5, 0.6) is 5.75 Å². The summed E-state index contributed by atoms with van der Waals surface area (Å²) in [6, 6.07) is 8.41. The van der Waals surface area contributed by atoms with Crippen LogP contribution in [0.15, 0.2) is 39.5 Å². The fourth-order valence-corrected chi connectivity index (χ4v) is 4.44. The maximum absolute atomic E-state index is 12.8. The molecule has 1 unspecified atom stereocenters. The lowest BCUT2D eigenvalue weighted by molar-refractivity contribution is -0.139. The van der Waals surface area contributed by atoms with E-state index in [0.29, 0.717) is 11.3 Å². The van der Waals surface area contributed by atoms with Gasteiger partial charge >= 0.3 is 5.63 Å². The van der Waals surface area contributed by atoms with Crippen LogP contribution in [0.2, 0.25) is 0 Å². The average molecular weight is 399 g/mol. The highest BCUT2D eigenvalue weighted by Crippen LogP contribution is 2.24. The van der Waals surface area contributed by atoms with Gasteiger partial charge in [0.05, 0.1) is 0 Å². The molecule has 2 saturated heterocycles. The van der Waals surface area contributed by atoms with Crippen LogP contribution in [0.25, 0.3) is 11.0 Å². The van der Waals surface area contributed by atoms with Crippen molar-refractivity contribution >= 4 is 16.9 Å². The first-order valence-electron chi connectivity index (χ1n) is 10.8. The van der Waals surface area contributed by atoms with Crippen LogP contribution in [-0.4, -0.2) is 54.5 Å². The van der Waals surface area contributed by atoms with Crippen molar-refractivity contribution in [2.75, 3.05) is 32.7 Å². The van der Waals surface area contributed by atoms with Crippen LogP contribution in [0, 0.1) is 5.92 Å². The summed E-state index contributed by atoms with van der Waals surface area (Å²) in [7, 11) is 0. The standard InChI is InChI=1S/C23H30N2O4/c1-17(28-20-6-4-19-5-7-22(26)29-21(19)16-20)23(27)25-14-9-18(10-15-25)8-13-24-11-2-3-12-24/h4-7,16-18H,2-3,8-15H2,1H3. The molecule has 2 fully saturated rings. The van der Waals surface area contributed by atoms with Gasteiger partial charge in [0.25, 0.3) is 5.91 Å². The molecule has 0 N–H and O–H groups in total. The zero-order chi connectivity index (χ0) is 20.2. The van der Waals surface area contributed by atoms with E-state index in [1.807, 2.05) is 11.0 Å². The molecule has 0 saturated carbocycles. The molecule has 0 bridgehead atoms. The van der Waals surface area contributed by atoms with Crippen LogP contribution < -0.4 is 10.4 Å². The van der Waals surface area contributed by atoms with E-state index in [9.17, 15) is 9.59 Å². The van der Waals surface area contributed by atoms with Gasteiger partial charge < -0.3 is 19.0 Å². The molecule has 3 heterocycles. The summed E-state index contributed by atoms with van der Waals surface area (Å²) in [5, 5.41) is 0.826. The Morgan fingerprint density at radius 2 is 1.86 bits per heavy atom. The number of benzene rings is 1. The maximum Gasteiger partial charge on any atom is 0.336 e. The second kappa shape index (κ2) is 8.99. The molecule has 2 aliphatic heterocycles. The zero-order valence-corrected chi connectivity index (χ0v) is 17.1. The largest absolute Gasteiger partial charge is 0.481 e. The fourth-order valence-electron chi connectivity index (χ4n) is 4.44. The number of ether oxygens (including phenoxy) is 1. The maximum atomic E-state index is 12.8. The van der Waals surface area contributed by atoms with E-state index in [2.05, 4.69) is 4.90 Å². The van der Waals surface area contributed by atoms with E-state index in [1.54, 1.807) is 25.1 Å². The first-order valence-corrected chi connectivity index (χ1v) is 10.8. The SMILES string of the molecule is CC(Oc1ccc2ccc(=O)oc2c1)C(=O)N1CCC(CCN2CCCC2)CC1. The van der Waals surface area contributed by atoms with Crippen molar-refractivity contribution in [1.29, 1.82) is 0 Å². The number of likely N-dealkylation sites (tertiary alicyclic amines) is 2. The monoisotopic (exact) mass is 398 g/mol. The molecular weight excluding hydrogens is 368 g/mol. The van der Waals surface area contributed by atoms with Crippen molar-refractivity contribution in [1.82, 2.24) is 9.80 Å². The van der Waals surface area contributed by atoms with Gasteiger partial charge in [-0.05, 0) is 82.8 Å². The van der Waals surface area contributed by atoms with Crippen LogP contribution in [-0.2, 0) is 4.79 Å². The van der Waals surface area contributed by atoms with Gasteiger partial charge in [-0.15, -0.1) is 0 Å². The van der Waals surface area contributed by atoms with E-state index in [1.165, 1.54) is 45.0 Å². The lowest BCUT2D eigenvalue weighted by Gasteiger charge is -2.34. The number of nitrogens with zero attached hydrogens (tertiary/aromatic N) is 2. The zero-order valence-electron chi connectivity index (χ0n) is 17.1.